The Morgan fingerprint density at radius 3 is 2.37 bits per heavy atom. The minimum absolute atomic E-state index is 0.205. The first-order valence-electron chi connectivity index (χ1n) is 6.90. The topological polar surface area (TPSA) is 41.5 Å². The molecule has 1 aromatic carbocycles. The van der Waals surface area contributed by atoms with E-state index in [0.717, 1.165) is 13.1 Å². The molecule has 0 spiro atoms. The first-order valence-corrected chi connectivity index (χ1v) is 6.90. The van der Waals surface area contributed by atoms with Crippen LogP contribution in [0.3, 0.4) is 0 Å². The van der Waals surface area contributed by atoms with Gasteiger partial charge in [0.1, 0.15) is 0 Å². The summed E-state index contributed by atoms with van der Waals surface area (Å²) in [5, 5.41) is 12.8. The molecule has 19 heavy (non-hydrogen) atoms. The van der Waals surface area contributed by atoms with Crippen molar-refractivity contribution in [1.29, 1.82) is 0 Å². The summed E-state index contributed by atoms with van der Waals surface area (Å²) >= 11 is 0. The van der Waals surface area contributed by atoms with Crippen molar-refractivity contribution < 1.29 is 9.84 Å². The van der Waals surface area contributed by atoms with E-state index in [1.165, 1.54) is 11.1 Å². The van der Waals surface area contributed by atoms with Crippen LogP contribution in [0.4, 0.5) is 0 Å². The van der Waals surface area contributed by atoms with Gasteiger partial charge in [-0.05, 0) is 29.5 Å². The zero-order valence-corrected chi connectivity index (χ0v) is 12.6. The summed E-state index contributed by atoms with van der Waals surface area (Å²) in [6.07, 6.45) is 0.342. The monoisotopic (exact) mass is 265 g/mol. The van der Waals surface area contributed by atoms with Gasteiger partial charge in [0.05, 0.1) is 12.7 Å². The fourth-order valence-corrected chi connectivity index (χ4v) is 1.90. The zero-order valence-electron chi connectivity index (χ0n) is 12.6. The second kappa shape index (κ2) is 7.63. The number of ether oxygens (including phenoxy) is 1. The molecule has 0 aliphatic carbocycles. The van der Waals surface area contributed by atoms with Crippen LogP contribution in [-0.4, -0.2) is 31.5 Å². The van der Waals surface area contributed by atoms with Gasteiger partial charge in [0.2, 0.25) is 0 Å². The van der Waals surface area contributed by atoms with E-state index in [9.17, 15) is 5.11 Å². The van der Waals surface area contributed by atoms with Crippen molar-refractivity contribution in [3.63, 3.8) is 0 Å². The summed E-state index contributed by atoms with van der Waals surface area (Å²) in [4.78, 5) is 0. The van der Waals surface area contributed by atoms with Crippen molar-refractivity contribution >= 4 is 0 Å². The lowest BCUT2D eigenvalue weighted by Gasteiger charge is -2.19. The highest BCUT2D eigenvalue weighted by molar-refractivity contribution is 5.27. The molecular weight excluding hydrogens is 238 g/mol. The molecule has 1 rings (SSSR count). The number of hydrogen-bond donors (Lipinski definition) is 2. The van der Waals surface area contributed by atoms with Gasteiger partial charge in [0.15, 0.2) is 0 Å². The van der Waals surface area contributed by atoms with E-state index >= 15 is 0 Å². The number of aliphatic hydroxyl groups excluding tert-OH is 1. The molecule has 1 unspecified atom stereocenters. The SMILES string of the molecule is COCC(O)CCNCc1ccc(C(C)(C)C)cc1. The maximum Gasteiger partial charge on any atom is 0.0785 e. The Kier molecular flexibility index (Phi) is 6.49. The van der Waals surface area contributed by atoms with Crippen molar-refractivity contribution in [2.24, 2.45) is 0 Å². The summed E-state index contributed by atoms with van der Waals surface area (Å²) in [5.74, 6) is 0. The van der Waals surface area contributed by atoms with Crippen LogP contribution in [0.5, 0.6) is 0 Å². The van der Waals surface area contributed by atoms with Crippen molar-refractivity contribution in [2.75, 3.05) is 20.3 Å². The van der Waals surface area contributed by atoms with E-state index in [0.29, 0.717) is 13.0 Å². The highest BCUT2D eigenvalue weighted by Gasteiger charge is 2.12. The maximum atomic E-state index is 9.51. The predicted molar refractivity (Wildman–Crippen MR) is 79.3 cm³/mol. The Balaban J connectivity index is 2.31. The third kappa shape index (κ3) is 6.19. The first-order chi connectivity index (χ1) is 8.93. The molecule has 1 atom stereocenters. The molecule has 1 aromatic rings. The van der Waals surface area contributed by atoms with Gasteiger partial charge >= 0.3 is 0 Å². The highest BCUT2D eigenvalue weighted by atomic mass is 16.5. The molecule has 0 saturated heterocycles. The van der Waals surface area contributed by atoms with Gasteiger partial charge in [-0.1, -0.05) is 45.0 Å². The van der Waals surface area contributed by atoms with Crippen LogP contribution >= 0.6 is 0 Å². The first kappa shape index (κ1) is 16.2. The summed E-state index contributed by atoms with van der Waals surface area (Å²) < 4.78 is 4.89. The van der Waals surface area contributed by atoms with E-state index in [1.807, 2.05) is 0 Å². The van der Waals surface area contributed by atoms with E-state index in [4.69, 9.17) is 4.74 Å². The minimum atomic E-state index is -0.374. The summed E-state index contributed by atoms with van der Waals surface area (Å²) in [5.41, 5.74) is 2.83. The summed E-state index contributed by atoms with van der Waals surface area (Å²) in [6.45, 7) is 8.70. The van der Waals surface area contributed by atoms with Crippen molar-refractivity contribution in [3.05, 3.63) is 35.4 Å². The van der Waals surface area contributed by atoms with Crippen LogP contribution in [0.2, 0.25) is 0 Å². The molecule has 2 N–H and O–H groups in total. The lowest BCUT2D eigenvalue weighted by molar-refractivity contribution is 0.0594. The number of nitrogens with one attached hydrogen (secondary N) is 1. The molecule has 3 nitrogen and oxygen atoms in total. The molecule has 0 aliphatic rings. The molecule has 0 aromatic heterocycles. The maximum absolute atomic E-state index is 9.51. The van der Waals surface area contributed by atoms with E-state index in [2.05, 4.69) is 50.4 Å². The van der Waals surface area contributed by atoms with Crippen LogP contribution in [0.1, 0.15) is 38.3 Å². The largest absolute Gasteiger partial charge is 0.391 e. The minimum Gasteiger partial charge on any atom is -0.391 e. The molecule has 3 heteroatoms. The second-order valence-electron chi connectivity index (χ2n) is 6.02. The quantitative estimate of drug-likeness (QED) is 0.744. The Hall–Kier alpha value is -0.900. The van der Waals surface area contributed by atoms with Crippen molar-refractivity contribution in [1.82, 2.24) is 5.32 Å². The molecule has 0 saturated carbocycles. The van der Waals surface area contributed by atoms with Gasteiger partial charge in [-0.2, -0.15) is 0 Å². The molecule has 0 heterocycles. The van der Waals surface area contributed by atoms with Gasteiger partial charge in [-0.25, -0.2) is 0 Å². The van der Waals surface area contributed by atoms with Gasteiger partial charge < -0.3 is 15.2 Å². The molecule has 0 bridgehead atoms. The second-order valence-corrected chi connectivity index (χ2v) is 6.02. The zero-order chi connectivity index (χ0) is 14.3. The van der Waals surface area contributed by atoms with Crippen LogP contribution < -0.4 is 5.32 Å². The predicted octanol–water partition coefficient (Wildman–Crippen LogP) is 2.47. The van der Waals surface area contributed by atoms with E-state index in [-0.39, 0.29) is 11.5 Å². The number of aliphatic hydroxyl groups is 1. The number of rotatable bonds is 7. The van der Waals surface area contributed by atoms with Crippen molar-refractivity contribution in [3.8, 4) is 0 Å². The Morgan fingerprint density at radius 2 is 1.84 bits per heavy atom. The lowest BCUT2D eigenvalue weighted by atomic mass is 9.87. The van der Waals surface area contributed by atoms with Crippen LogP contribution in [0.25, 0.3) is 0 Å². The van der Waals surface area contributed by atoms with Gasteiger partial charge in [0, 0.05) is 13.7 Å². The van der Waals surface area contributed by atoms with E-state index < -0.39 is 0 Å². The number of methoxy groups -OCH3 is 1. The Bertz CT molecular complexity index is 354. The van der Waals surface area contributed by atoms with Crippen molar-refractivity contribution in [2.45, 2.75) is 45.3 Å². The van der Waals surface area contributed by atoms with Gasteiger partial charge in [0.25, 0.3) is 0 Å². The molecule has 0 aliphatic heterocycles. The molecule has 0 radical (unpaired) electrons. The smallest absolute Gasteiger partial charge is 0.0785 e. The normalized spacial score (nSPS) is 13.5. The third-order valence-corrected chi connectivity index (χ3v) is 3.16. The van der Waals surface area contributed by atoms with Crippen LogP contribution in [0.15, 0.2) is 24.3 Å². The van der Waals surface area contributed by atoms with Crippen LogP contribution in [-0.2, 0) is 16.7 Å². The fraction of sp³-hybridized carbons (Fsp3) is 0.625. The van der Waals surface area contributed by atoms with Crippen LogP contribution in [0, 0.1) is 0 Å². The third-order valence-electron chi connectivity index (χ3n) is 3.16. The highest BCUT2D eigenvalue weighted by Crippen LogP contribution is 2.22. The Morgan fingerprint density at radius 1 is 1.21 bits per heavy atom. The standard InChI is InChI=1S/C16H27NO2/c1-16(2,3)14-7-5-13(6-8-14)11-17-10-9-15(18)12-19-4/h5-8,15,17-18H,9-12H2,1-4H3. The summed E-state index contributed by atoms with van der Waals surface area (Å²) in [6, 6.07) is 8.71. The average molecular weight is 265 g/mol. The van der Waals surface area contributed by atoms with E-state index in [1.54, 1.807) is 7.11 Å². The van der Waals surface area contributed by atoms with Gasteiger partial charge in [-0.3, -0.25) is 0 Å². The molecular formula is C16H27NO2. The number of benzene rings is 1. The Labute approximate surface area is 117 Å². The molecule has 0 fully saturated rings. The fourth-order valence-electron chi connectivity index (χ4n) is 1.90. The van der Waals surface area contributed by atoms with Gasteiger partial charge in [-0.15, -0.1) is 0 Å². The molecule has 0 amide bonds. The lowest BCUT2D eigenvalue weighted by Crippen LogP contribution is -2.23. The average Bonchev–Trinajstić information content (AvgIpc) is 2.34. The molecule has 108 valence electrons. The summed E-state index contributed by atoms with van der Waals surface area (Å²) in [7, 11) is 1.60. The number of hydrogen-bond acceptors (Lipinski definition) is 3.